The number of carbonyl (C=O) groups is 1. The average Bonchev–Trinajstić information content (AvgIpc) is 2.62. The molecular weight excluding hydrogens is 315 g/mol. The van der Waals surface area contributed by atoms with Gasteiger partial charge in [0.25, 0.3) is 0 Å². The van der Waals surface area contributed by atoms with Gasteiger partial charge in [-0.05, 0) is 50.6 Å². The van der Waals surface area contributed by atoms with Gasteiger partial charge in [0.1, 0.15) is 5.82 Å². The zero-order valence-electron chi connectivity index (χ0n) is 15.1. The SMILES string of the molecule is Cc1ccc(C(C)(C)C(=O)N2CCN(c3ccc(F)cc3)CC2)cc1. The zero-order valence-corrected chi connectivity index (χ0v) is 15.1. The first-order valence-corrected chi connectivity index (χ1v) is 8.75. The van der Waals surface area contributed by atoms with E-state index in [0.29, 0.717) is 13.1 Å². The van der Waals surface area contributed by atoms with E-state index in [-0.39, 0.29) is 11.7 Å². The van der Waals surface area contributed by atoms with Crippen molar-refractivity contribution in [3.05, 3.63) is 65.5 Å². The van der Waals surface area contributed by atoms with Crippen LogP contribution in [0.2, 0.25) is 0 Å². The van der Waals surface area contributed by atoms with Crippen molar-refractivity contribution in [2.24, 2.45) is 0 Å². The lowest BCUT2D eigenvalue weighted by atomic mass is 9.82. The number of carbonyl (C=O) groups excluding carboxylic acids is 1. The van der Waals surface area contributed by atoms with E-state index in [1.807, 2.05) is 37.8 Å². The minimum atomic E-state index is -0.536. The van der Waals surface area contributed by atoms with Crippen molar-refractivity contribution in [2.45, 2.75) is 26.2 Å². The summed E-state index contributed by atoms with van der Waals surface area (Å²) in [6.07, 6.45) is 0. The molecule has 0 atom stereocenters. The highest BCUT2D eigenvalue weighted by Gasteiger charge is 2.35. The lowest BCUT2D eigenvalue weighted by molar-refractivity contribution is -0.136. The molecule has 4 heteroatoms. The van der Waals surface area contributed by atoms with Crippen LogP contribution in [0.5, 0.6) is 0 Å². The van der Waals surface area contributed by atoms with E-state index >= 15 is 0 Å². The van der Waals surface area contributed by atoms with Crippen molar-refractivity contribution >= 4 is 11.6 Å². The molecule has 3 rings (SSSR count). The Kier molecular flexibility index (Phi) is 4.80. The quantitative estimate of drug-likeness (QED) is 0.849. The smallest absolute Gasteiger partial charge is 0.232 e. The Morgan fingerprint density at radius 3 is 2.04 bits per heavy atom. The minimum absolute atomic E-state index is 0.162. The van der Waals surface area contributed by atoms with Crippen molar-refractivity contribution in [3.8, 4) is 0 Å². The normalized spacial score (nSPS) is 15.4. The predicted octanol–water partition coefficient (Wildman–Crippen LogP) is 3.76. The van der Waals surface area contributed by atoms with Gasteiger partial charge in [-0.25, -0.2) is 4.39 Å². The van der Waals surface area contributed by atoms with Gasteiger partial charge in [-0.15, -0.1) is 0 Å². The van der Waals surface area contributed by atoms with Crippen LogP contribution in [0.25, 0.3) is 0 Å². The number of aryl methyl sites for hydroxylation is 1. The Hall–Kier alpha value is -2.36. The Morgan fingerprint density at radius 1 is 0.920 bits per heavy atom. The summed E-state index contributed by atoms with van der Waals surface area (Å²) in [5.41, 5.74) is 2.71. The molecule has 0 aromatic heterocycles. The molecule has 1 saturated heterocycles. The van der Waals surface area contributed by atoms with E-state index in [9.17, 15) is 9.18 Å². The molecule has 1 heterocycles. The second kappa shape index (κ2) is 6.87. The predicted molar refractivity (Wildman–Crippen MR) is 99.4 cm³/mol. The molecule has 0 unspecified atom stereocenters. The number of nitrogens with zero attached hydrogens (tertiary/aromatic N) is 2. The standard InChI is InChI=1S/C21H25FN2O/c1-16-4-6-17(7-5-16)21(2,3)20(25)24-14-12-23(13-15-24)19-10-8-18(22)9-11-19/h4-11H,12-15H2,1-3H3. The summed E-state index contributed by atoms with van der Waals surface area (Å²) in [4.78, 5) is 17.2. The molecule has 0 saturated carbocycles. The zero-order chi connectivity index (χ0) is 18.0. The number of benzene rings is 2. The van der Waals surface area contributed by atoms with Crippen LogP contribution in [-0.2, 0) is 10.2 Å². The third-order valence-corrected chi connectivity index (χ3v) is 5.07. The lowest BCUT2D eigenvalue weighted by Crippen LogP contribution is -2.53. The minimum Gasteiger partial charge on any atom is -0.368 e. The Balaban J connectivity index is 1.66. The van der Waals surface area contributed by atoms with Gasteiger partial charge < -0.3 is 9.80 Å². The van der Waals surface area contributed by atoms with E-state index in [1.165, 1.54) is 17.7 Å². The fourth-order valence-corrected chi connectivity index (χ4v) is 3.31. The fourth-order valence-electron chi connectivity index (χ4n) is 3.31. The van der Waals surface area contributed by atoms with Gasteiger partial charge in [0.15, 0.2) is 0 Å². The largest absolute Gasteiger partial charge is 0.368 e. The highest BCUT2D eigenvalue weighted by molar-refractivity contribution is 5.87. The van der Waals surface area contributed by atoms with Crippen LogP contribution < -0.4 is 4.90 Å². The Bertz CT molecular complexity index is 729. The van der Waals surface area contributed by atoms with Crippen LogP contribution in [0.1, 0.15) is 25.0 Å². The third kappa shape index (κ3) is 3.68. The molecule has 0 aliphatic carbocycles. The molecule has 3 nitrogen and oxygen atoms in total. The van der Waals surface area contributed by atoms with Crippen LogP contribution in [0.4, 0.5) is 10.1 Å². The summed E-state index contributed by atoms with van der Waals surface area (Å²) in [5.74, 6) is -0.0625. The molecule has 25 heavy (non-hydrogen) atoms. The molecule has 2 aromatic carbocycles. The van der Waals surface area contributed by atoms with E-state index in [1.54, 1.807) is 12.1 Å². The number of anilines is 1. The molecule has 1 fully saturated rings. The van der Waals surface area contributed by atoms with Gasteiger partial charge in [-0.2, -0.15) is 0 Å². The van der Waals surface area contributed by atoms with Gasteiger partial charge in [-0.1, -0.05) is 29.8 Å². The Morgan fingerprint density at radius 2 is 1.48 bits per heavy atom. The summed E-state index contributed by atoms with van der Waals surface area (Å²) < 4.78 is 13.1. The van der Waals surface area contributed by atoms with Crippen LogP contribution >= 0.6 is 0 Å². The van der Waals surface area contributed by atoms with Crippen molar-refractivity contribution < 1.29 is 9.18 Å². The molecule has 0 bridgehead atoms. The first kappa shape index (κ1) is 17.5. The summed E-state index contributed by atoms with van der Waals surface area (Å²) in [7, 11) is 0. The summed E-state index contributed by atoms with van der Waals surface area (Å²) >= 11 is 0. The average molecular weight is 340 g/mol. The van der Waals surface area contributed by atoms with E-state index < -0.39 is 5.41 Å². The Labute approximate surface area is 149 Å². The van der Waals surface area contributed by atoms with Gasteiger partial charge in [0.2, 0.25) is 5.91 Å². The lowest BCUT2D eigenvalue weighted by Gasteiger charge is -2.39. The maximum Gasteiger partial charge on any atom is 0.232 e. The number of halogens is 1. The van der Waals surface area contributed by atoms with E-state index in [4.69, 9.17) is 0 Å². The van der Waals surface area contributed by atoms with Crippen molar-refractivity contribution in [2.75, 3.05) is 31.1 Å². The van der Waals surface area contributed by atoms with Gasteiger partial charge in [0.05, 0.1) is 5.41 Å². The summed E-state index contributed by atoms with van der Waals surface area (Å²) in [6.45, 7) is 8.94. The number of hydrogen-bond donors (Lipinski definition) is 0. The topological polar surface area (TPSA) is 23.6 Å². The molecule has 132 valence electrons. The highest BCUT2D eigenvalue weighted by atomic mass is 19.1. The number of amides is 1. The van der Waals surface area contributed by atoms with E-state index in [2.05, 4.69) is 17.0 Å². The van der Waals surface area contributed by atoms with Crippen LogP contribution in [-0.4, -0.2) is 37.0 Å². The molecule has 1 amide bonds. The molecular formula is C21H25FN2O. The first-order valence-electron chi connectivity index (χ1n) is 8.75. The maximum absolute atomic E-state index is 13.1. The molecule has 0 spiro atoms. The first-order chi connectivity index (χ1) is 11.9. The molecule has 0 radical (unpaired) electrons. The number of hydrogen-bond acceptors (Lipinski definition) is 2. The monoisotopic (exact) mass is 340 g/mol. The fraction of sp³-hybridized carbons (Fsp3) is 0.381. The van der Waals surface area contributed by atoms with Gasteiger partial charge >= 0.3 is 0 Å². The number of rotatable bonds is 3. The molecule has 0 N–H and O–H groups in total. The number of piperazine rings is 1. The molecule has 1 aliphatic rings. The van der Waals surface area contributed by atoms with Gasteiger partial charge in [0, 0.05) is 31.9 Å². The maximum atomic E-state index is 13.1. The summed E-state index contributed by atoms with van der Waals surface area (Å²) in [5, 5.41) is 0. The van der Waals surface area contributed by atoms with Crippen LogP contribution in [0.15, 0.2) is 48.5 Å². The van der Waals surface area contributed by atoms with E-state index in [0.717, 1.165) is 24.3 Å². The van der Waals surface area contributed by atoms with Crippen molar-refractivity contribution in [1.29, 1.82) is 0 Å². The van der Waals surface area contributed by atoms with Crippen LogP contribution in [0.3, 0.4) is 0 Å². The van der Waals surface area contributed by atoms with Gasteiger partial charge in [-0.3, -0.25) is 4.79 Å². The summed E-state index contributed by atoms with van der Waals surface area (Å²) in [6, 6.07) is 14.7. The molecule has 2 aromatic rings. The third-order valence-electron chi connectivity index (χ3n) is 5.07. The van der Waals surface area contributed by atoms with Crippen molar-refractivity contribution in [3.63, 3.8) is 0 Å². The van der Waals surface area contributed by atoms with Crippen LogP contribution in [0, 0.1) is 12.7 Å². The van der Waals surface area contributed by atoms with Crippen molar-refractivity contribution in [1.82, 2.24) is 4.90 Å². The molecule has 1 aliphatic heterocycles. The highest BCUT2D eigenvalue weighted by Crippen LogP contribution is 2.27. The second-order valence-corrected chi connectivity index (χ2v) is 7.25. The second-order valence-electron chi connectivity index (χ2n) is 7.25.